The van der Waals surface area contributed by atoms with Crippen LogP contribution in [0.1, 0.15) is 43.1 Å². The van der Waals surface area contributed by atoms with Gasteiger partial charge in [0.1, 0.15) is 17.5 Å². The van der Waals surface area contributed by atoms with E-state index in [0.29, 0.717) is 48.8 Å². The van der Waals surface area contributed by atoms with Crippen molar-refractivity contribution >= 4 is 28.9 Å². The zero-order valence-electron chi connectivity index (χ0n) is 24.7. The van der Waals surface area contributed by atoms with Crippen molar-refractivity contribution in [2.24, 2.45) is 5.92 Å². The van der Waals surface area contributed by atoms with Gasteiger partial charge in [0.05, 0.1) is 26.2 Å². The summed E-state index contributed by atoms with van der Waals surface area (Å²) >= 11 is 1.49. The smallest absolute Gasteiger partial charge is 0.255 e. The van der Waals surface area contributed by atoms with E-state index in [4.69, 9.17) is 9.47 Å². The van der Waals surface area contributed by atoms with Gasteiger partial charge in [-0.1, -0.05) is 36.4 Å². The average molecular weight is 610 g/mol. The normalized spacial score (nSPS) is 21.6. The summed E-state index contributed by atoms with van der Waals surface area (Å²) in [7, 11) is 3.18. The third-order valence-corrected chi connectivity index (χ3v) is 9.56. The Hall–Kier alpha value is -4.47. The molecule has 2 aliphatic heterocycles. The second-order valence-electron chi connectivity index (χ2n) is 11.0. The number of likely N-dealkylation sites (tertiary alicyclic amines) is 1. The summed E-state index contributed by atoms with van der Waals surface area (Å²) < 4.78 is 10.8. The summed E-state index contributed by atoms with van der Waals surface area (Å²) in [6.07, 6.45) is 0. The molecule has 4 aromatic rings. The van der Waals surface area contributed by atoms with E-state index in [-0.39, 0.29) is 17.6 Å². The van der Waals surface area contributed by atoms with Gasteiger partial charge in [0.15, 0.2) is 5.78 Å². The Morgan fingerprint density at radius 1 is 0.773 bits per heavy atom. The minimum absolute atomic E-state index is 0.131. The van der Waals surface area contributed by atoms with Gasteiger partial charge >= 0.3 is 0 Å². The molecular weight excluding hydrogens is 574 g/mol. The quantitative estimate of drug-likeness (QED) is 0.282. The molecule has 0 aliphatic carbocycles. The van der Waals surface area contributed by atoms with Crippen LogP contribution < -0.4 is 14.8 Å². The first-order valence-electron chi connectivity index (χ1n) is 14.7. The van der Waals surface area contributed by atoms with Gasteiger partial charge in [0.2, 0.25) is 5.91 Å². The van der Waals surface area contributed by atoms with Crippen molar-refractivity contribution in [2.75, 3.05) is 40.4 Å². The van der Waals surface area contributed by atoms with Crippen LogP contribution in [0.3, 0.4) is 0 Å². The van der Waals surface area contributed by atoms with E-state index < -0.39 is 23.9 Å². The van der Waals surface area contributed by atoms with E-state index in [1.165, 1.54) is 11.3 Å². The number of Topliss-reactive ketones (excluding diaryl/α,β-unsaturated/α-hetero) is 1. The van der Waals surface area contributed by atoms with Crippen molar-refractivity contribution in [3.8, 4) is 11.5 Å². The standard InChI is InChI=1S/C35H35N3O5S/c1-42-26-14-10-23(11-15-26)29-30(33(39)24-12-16-27(43-2)17-13-24)31(28-9-6-22-44-28)38(34(40)25-7-4-3-5-8-25)32(29)35(41)37-20-18-36-19-21-37/h3-17,22,29-32,36H,18-21H2,1-2H3. The Balaban J connectivity index is 1.57. The summed E-state index contributed by atoms with van der Waals surface area (Å²) in [5.41, 5.74) is 1.77. The highest BCUT2D eigenvalue weighted by atomic mass is 32.1. The highest BCUT2D eigenvalue weighted by molar-refractivity contribution is 7.10. The second kappa shape index (κ2) is 13.0. The van der Waals surface area contributed by atoms with E-state index in [1.54, 1.807) is 55.5 Å². The number of nitrogens with zero attached hydrogens (tertiary/aromatic N) is 2. The monoisotopic (exact) mass is 609 g/mol. The van der Waals surface area contributed by atoms with Crippen LogP contribution in [0.2, 0.25) is 0 Å². The molecule has 3 aromatic carbocycles. The fourth-order valence-electron chi connectivity index (χ4n) is 6.48. The van der Waals surface area contributed by atoms with Crippen LogP contribution in [-0.4, -0.2) is 73.8 Å². The highest BCUT2D eigenvalue weighted by Gasteiger charge is 2.58. The Labute approximate surface area is 261 Å². The van der Waals surface area contributed by atoms with Gasteiger partial charge < -0.3 is 24.6 Å². The van der Waals surface area contributed by atoms with Gasteiger partial charge in [-0.25, -0.2) is 0 Å². The van der Waals surface area contributed by atoms with Gasteiger partial charge in [-0.15, -0.1) is 11.3 Å². The second-order valence-corrected chi connectivity index (χ2v) is 12.0. The third kappa shape index (κ3) is 5.60. The van der Waals surface area contributed by atoms with E-state index in [9.17, 15) is 14.4 Å². The first-order chi connectivity index (χ1) is 21.5. The summed E-state index contributed by atoms with van der Waals surface area (Å²) in [5, 5.41) is 5.26. The van der Waals surface area contributed by atoms with Crippen LogP contribution in [0, 0.1) is 5.92 Å². The number of hydrogen-bond acceptors (Lipinski definition) is 7. The van der Waals surface area contributed by atoms with Crippen molar-refractivity contribution in [3.63, 3.8) is 0 Å². The average Bonchev–Trinajstić information content (AvgIpc) is 3.75. The summed E-state index contributed by atoms with van der Waals surface area (Å²) in [4.78, 5) is 48.5. The maximum atomic E-state index is 14.8. The molecular formula is C35H35N3O5S. The molecule has 4 unspecified atom stereocenters. The molecule has 1 N–H and O–H groups in total. The number of carbonyl (C=O) groups is 3. The lowest BCUT2D eigenvalue weighted by Gasteiger charge is -2.36. The summed E-state index contributed by atoms with van der Waals surface area (Å²) in [5.74, 6) is -0.598. The van der Waals surface area contributed by atoms with Gasteiger partial charge in [-0.2, -0.15) is 0 Å². The van der Waals surface area contributed by atoms with Crippen LogP contribution in [0.25, 0.3) is 0 Å². The Morgan fingerprint density at radius 2 is 1.41 bits per heavy atom. The minimum atomic E-state index is -0.909. The third-order valence-electron chi connectivity index (χ3n) is 8.62. The fourth-order valence-corrected chi connectivity index (χ4v) is 7.35. The number of nitrogens with one attached hydrogen (secondary N) is 1. The minimum Gasteiger partial charge on any atom is -0.497 e. The van der Waals surface area contributed by atoms with Crippen molar-refractivity contribution < 1.29 is 23.9 Å². The Bertz CT molecular complexity index is 1590. The van der Waals surface area contributed by atoms with Crippen molar-refractivity contribution in [2.45, 2.75) is 18.0 Å². The van der Waals surface area contributed by atoms with E-state index in [0.717, 1.165) is 10.4 Å². The van der Waals surface area contributed by atoms with Gasteiger partial charge in [-0.05, 0) is 65.5 Å². The number of ether oxygens (including phenoxy) is 2. The van der Waals surface area contributed by atoms with E-state index in [1.807, 2.05) is 64.9 Å². The molecule has 2 aliphatic rings. The number of amides is 2. The first-order valence-corrected chi connectivity index (χ1v) is 15.6. The molecule has 2 fully saturated rings. The van der Waals surface area contributed by atoms with Crippen LogP contribution in [0.4, 0.5) is 0 Å². The number of piperazine rings is 1. The molecule has 9 heteroatoms. The topological polar surface area (TPSA) is 88.2 Å². The van der Waals surface area contributed by atoms with Crippen LogP contribution in [-0.2, 0) is 4.79 Å². The zero-order valence-corrected chi connectivity index (χ0v) is 25.5. The fraction of sp³-hybridized carbons (Fsp3) is 0.286. The molecule has 2 saturated heterocycles. The lowest BCUT2D eigenvalue weighted by Crippen LogP contribution is -2.54. The number of thiophene rings is 1. The molecule has 2 amide bonds. The number of methoxy groups -OCH3 is 2. The SMILES string of the molecule is COc1ccc(C(=O)C2C(c3ccc(OC)cc3)C(C(=O)N3CCNCC3)N(C(=O)c3ccccc3)C2c2cccs2)cc1. The van der Waals surface area contributed by atoms with E-state index in [2.05, 4.69) is 5.32 Å². The molecule has 8 nitrogen and oxygen atoms in total. The van der Waals surface area contributed by atoms with Crippen molar-refractivity contribution in [1.82, 2.24) is 15.1 Å². The van der Waals surface area contributed by atoms with Crippen LogP contribution >= 0.6 is 11.3 Å². The van der Waals surface area contributed by atoms with Gasteiger partial charge in [0.25, 0.3) is 5.91 Å². The van der Waals surface area contributed by atoms with Gasteiger partial charge in [0, 0.05) is 48.1 Å². The van der Waals surface area contributed by atoms with Crippen LogP contribution in [0.15, 0.2) is 96.4 Å². The lowest BCUT2D eigenvalue weighted by molar-refractivity contribution is -0.136. The molecule has 6 rings (SSSR count). The maximum absolute atomic E-state index is 14.8. The van der Waals surface area contributed by atoms with Crippen LogP contribution in [0.5, 0.6) is 11.5 Å². The highest BCUT2D eigenvalue weighted by Crippen LogP contribution is 2.53. The molecule has 0 radical (unpaired) electrons. The molecule has 44 heavy (non-hydrogen) atoms. The molecule has 226 valence electrons. The van der Waals surface area contributed by atoms with Crippen molar-refractivity contribution in [3.05, 3.63) is 118 Å². The Morgan fingerprint density at radius 3 is 2.00 bits per heavy atom. The molecule has 0 spiro atoms. The lowest BCUT2D eigenvalue weighted by atomic mass is 9.77. The molecule has 4 atom stereocenters. The molecule has 3 heterocycles. The number of carbonyl (C=O) groups excluding carboxylic acids is 3. The molecule has 1 aromatic heterocycles. The largest absolute Gasteiger partial charge is 0.497 e. The Kier molecular flexibility index (Phi) is 8.77. The number of rotatable bonds is 8. The number of benzene rings is 3. The maximum Gasteiger partial charge on any atom is 0.255 e. The van der Waals surface area contributed by atoms with E-state index >= 15 is 0 Å². The zero-order chi connectivity index (χ0) is 30.6. The predicted molar refractivity (Wildman–Crippen MR) is 169 cm³/mol. The van der Waals surface area contributed by atoms with Gasteiger partial charge in [-0.3, -0.25) is 14.4 Å². The molecule has 0 bridgehead atoms. The number of ketones is 1. The summed E-state index contributed by atoms with van der Waals surface area (Å²) in [6.45, 7) is 2.39. The number of hydrogen-bond donors (Lipinski definition) is 1. The predicted octanol–water partition coefficient (Wildman–Crippen LogP) is 5.05. The first kappa shape index (κ1) is 29.6. The summed E-state index contributed by atoms with van der Waals surface area (Å²) in [6, 6.07) is 25.9. The van der Waals surface area contributed by atoms with Crippen molar-refractivity contribution in [1.29, 1.82) is 0 Å². The molecule has 0 saturated carbocycles.